The third-order valence-electron chi connectivity index (χ3n) is 5.62. The molecule has 1 aromatic carbocycles. The number of rotatable bonds is 4. The van der Waals surface area contributed by atoms with Crippen molar-refractivity contribution < 1.29 is 9.21 Å². The van der Waals surface area contributed by atoms with Gasteiger partial charge in [0, 0.05) is 38.3 Å². The molecule has 0 unspecified atom stereocenters. The Morgan fingerprint density at radius 1 is 1.16 bits per heavy atom. The summed E-state index contributed by atoms with van der Waals surface area (Å²) in [5, 5.41) is 11.9. The highest BCUT2D eigenvalue weighted by Crippen LogP contribution is 2.40. The van der Waals surface area contributed by atoms with Gasteiger partial charge in [0.2, 0.25) is 5.89 Å². The number of hydrogen-bond donors (Lipinski definition) is 1. The van der Waals surface area contributed by atoms with E-state index in [1.54, 1.807) is 11.1 Å². The van der Waals surface area contributed by atoms with E-state index in [-0.39, 0.29) is 6.03 Å². The van der Waals surface area contributed by atoms with Crippen LogP contribution in [0.5, 0.6) is 0 Å². The van der Waals surface area contributed by atoms with Crippen molar-refractivity contribution in [1.29, 1.82) is 0 Å². The second-order valence-electron chi connectivity index (χ2n) is 7.98. The first-order valence-corrected chi connectivity index (χ1v) is 10.8. The SMILES string of the molecule is Cc1ccc(NC(=O)N2CCN(c3ncccc3-c3nnc(C4CC4)o3)CC2)c(Cl)c1. The maximum Gasteiger partial charge on any atom is 0.322 e. The van der Waals surface area contributed by atoms with Crippen LogP contribution in [0, 0.1) is 6.92 Å². The molecule has 8 nitrogen and oxygen atoms in total. The monoisotopic (exact) mass is 438 g/mol. The Kier molecular flexibility index (Phi) is 5.23. The van der Waals surface area contributed by atoms with Crippen LogP contribution >= 0.6 is 11.6 Å². The largest absolute Gasteiger partial charge is 0.420 e. The lowest BCUT2D eigenvalue weighted by Gasteiger charge is -2.35. The van der Waals surface area contributed by atoms with Crippen molar-refractivity contribution in [2.75, 3.05) is 36.4 Å². The highest BCUT2D eigenvalue weighted by Gasteiger charge is 2.31. The van der Waals surface area contributed by atoms with Crippen molar-refractivity contribution in [3.05, 3.63) is 53.0 Å². The van der Waals surface area contributed by atoms with E-state index in [1.807, 2.05) is 37.3 Å². The van der Waals surface area contributed by atoms with Crippen molar-refractivity contribution in [1.82, 2.24) is 20.1 Å². The highest BCUT2D eigenvalue weighted by atomic mass is 35.5. The van der Waals surface area contributed by atoms with Crippen molar-refractivity contribution in [3.63, 3.8) is 0 Å². The number of aryl methyl sites for hydroxylation is 1. The van der Waals surface area contributed by atoms with E-state index in [9.17, 15) is 4.79 Å². The summed E-state index contributed by atoms with van der Waals surface area (Å²) < 4.78 is 5.89. The molecule has 1 aliphatic heterocycles. The molecule has 3 aromatic rings. The van der Waals surface area contributed by atoms with Gasteiger partial charge in [-0.2, -0.15) is 0 Å². The second kappa shape index (κ2) is 8.19. The van der Waals surface area contributed by atoms with Gasteiger partial charge in [-0.25, -0.2) is 9.78 Å². The summed E-state index contributed by atoms with van der Waals surface area (Å²) >= 11 is 6.25. The fourth-order valence-electron chi connectivity index (χ4n) is 3.69. The van der Waals surface area contributed by atoms with Crippen molar-refractivity contribution in [3.8, 4) is 11.5 Å². The van der Waals surface area contributed by atoms with E-state index in [1.165, 1.54) is 0 Å². The van der Waals surface area contributed by atoms with Crippen molar-refractivity contribution in [2.45, 2.75) is 25.7 Å². The van der Waals surface area contributed by atoms with Gasteiger partial charge in [-0.3, -0.25) is 0 Å². The van der Waals surface area contributed by atoms with E-state index < -0.39 is 0 Å². The number of urea groups is 1. The predicted molar refractivity (Wildman–Crippen MR) is 118 cm³/mol. The number of aromatic nitrogens is 3. The summed E-state index contributed by atoms with van der Waals surface area (Å²) in [6, 6.07) is 9.25. The van der Waals surface area contributed by atoms with E-state index in [2.05, 4.69) is 25.4 Å². The molecule has 160 valence electrons. The van der Waals surface area contributed by atoms with Crippen LogP contribution in [-0.4, -0.2) is 52.3 Å². The van der Waals surface area contributed by atoms with Gasteiger partial charge in [0.15, 0.2) is 0 Å². The Labute approximate surface area is 185 Å². The smallest absolute Gasteiger partial charge is 0.322 e. The number of anilines is 2. The fraction of sp³-hybridized carbons (Fsp3) is 0.364. The molecular weight excluding hydrogens is 416 g/mol. The molecule has 2 amide bonds. The number of nitrogens with one attached hydrogen (secondary N) is 1. The zero-order valence-corrected chi connectivity index (χ0v) is 18.0. The van der Waals surface area contributed by atoms with Gasteiger partial charge in [0.1, 0.15) is 5.82 Å². The molecule has 0 atom stereocenters. The second-order valence-corrected chi connectivity index (χ2v) is 8.39. The molecule has 1 saturated heterocycles. The summed E-state index contributed by atoms with van der Waals surface area (Å²) in [7, 11) is 0. The number of carbonyl (C=O) groups excluding carboxylic acids is 1. The first kappa shape index (κ1) is 19.8. The maximum atomic E-state index is 12.7. The molecule has 1 saturated carbocycles. The number of benzene rings is 1. The average Bonchev–Trinajstić information content (AvgIpc) is 3.52. The van der Waals surface area contributed by atoms with Gasteiger partial charge < -0.3 is 19.5 Å². The average molecular weight is 439 g/mol. The van der Waals surface area contributed by atoms with Gasteiger partial charge in [-0.15, -0.1) is 10.2 Å². The Balaban J connectivity index is 1.26. The maximum absolute atomic E-state index is 12.7. The summed E-state index contributed by atoms with van der Waals surface area (Å²) in [6.07, 6.45) is 3.98. The van der Waals surface area contributed by atoms with E-state index >= 15 is 0 Å². The summed E-state index contributed by atoms with van der Waals surface area (Å²) in [4.78, 5) is 21.2. The molecule has 0 radical (unpaired) electrons. The number of piperazine rings is 1. The van der Waals surface area contributed by atoms with E-state index in [4.69, 9.17) is 16.0 Å². The van der Waals surface area contributed by atoms with Gasteiger partial charge in [0.25, 0.3) is 5.89 Å². The minimum absolute atomic E-state index is 0.155. The van der Waals surface area contributed by atoms with Crippen LogP contribution in [0.2, 0.25) is 5.02 Å². The molecule has 2 fully saturated rings. The molecule has 0 spiro atoms. The minimum Gasteiger partial charge on any atom is -0.420 e. The quantitative estimate of drug-likeness (QED) is 0.652. The lowest BCUT2D eigenvalue weighted by Crippen LogP contribution is -2.50. The minimum atomic E-state index is -0.155. The van der Waals surface area contributed by atoms with Crippen LogP contribution in [0.15, 0.2) is 40.9 Å². The summed E-state index contributed by atoms with van der Waals surface area (Å²) in [6.45, 7) is 4.42. The molecule has 0 bridgehead atoms. The zero-order valence-electron chi connectivity index (χ0n) is 17.2. The number of hydrogen-bond acceptors (Lipinski definition) is 6. The first-order valence-electron chi connectivity index (χ1n) is 10.4. The molecule has 31 heavy (non-hydrogen) atoms. The number of nitrogens with zero attached hydrogens (tertiary/aromatic N) is 5. The van der Waals surface area contributed by atoms with Gasteiger partial charge in [-0.1, -0.05) is 17.7 Å². The summed E-state index contributed by atoms with van der Waals surface area (Å²) in [5.74, 6) is 2.42. The topological polar surface area (TPSA) is 87.4 Å². The summed E-state index contributed by atoms with van der Waals surface area (Å²) in [5.41, 5.74) is 2.49. The molecule has 2 aliphatic rings. The standard InChI is InChI=1S/C22H23ClN6O2/c1-14-4-7-18(17(23)13-14)25-22(30)29-11-9-28(10-12-29)19-16(3-2-8-24-19)21-27-26-20(31-21)15-5-6-15/h2-4,7-8,13,15H,5-6,9-12H2,1H3,(H,25,30). The number of amides is 2. The molecule has 1 N–H and O–H groups in total. The van der Waals surface area contributed by atoms with Crippen LogP contribution in [0.1, 0.15) is 30.2 Å². The zero-order chi connectivity index (χ0) is 21.4. The first-order chi connectivity index (χ1) is 15.1. The molecule has 1 aliphatic carbocycles. The third kappa shape index (κ3) is 4.20. The lowest BCUT2D eigenvalue weighted by atomic mass is 10.2. The van der Waals surface area contributed by atoms with Crippen LogP contribution in [0.25, 0.3) is 11.5 Å². The number of halogens is 1. The molecular formula is C22H23ClN6O2. The Bertz CT molecular complexity index is 1100. The molecule has 2 aromatic heterocycles. The highest BCUT2D eigenvalue weighted by molar-refractivity contribution is 6.33. The van der Waals surface area contributed by atoms with Crippen LogP contribution in [0.3, 0.4) is 0 Å². The Morgan fingerprint density at radius 2 is 1.97 bits per heavy atom. The van der Waals surface area contributed by atoms with Crippen LogP contribution in [0.4, 0.5) is 16.3 Å². The van der Waals surface area contributed by atoms with Gasteiger partial charge >= 0.3 is 6.03 Å². The fourth-order valence-corrected chi connectivity index (χ4v) is 3.97. The van der Waals surface area contributed by atoms with Crippen LogP contribution in [-0.2, 0) is 0 Å². The van der Waals surface area contributed by atoms with Crippen LogP contribution < -0.4 is 10.2 Å². The van der Waals surface area contributed by atoms with E-state index in [0.29, 0.717) is 54.6 Å². The predicted octanol–water partition coefficient (Wildman–Crippen LogP) is 4.32. The van der Waals surface area contributed by atoms with Crippen molar-refractivity contribution >= 4 is 29.1 Å². The normalized spacial score (nSPS) is 16.5. The third-order valence-corrected chi connectivity index (χ3v) is 5.93. The Hall–Kier alpha value is -3.13. The molecule has 5 rings (SSSR count). The molecule has 9 heteroatoms. The van der Waals surface area contributed by atoms with E-state index in [0.717, 1.165) is 29.8 Å². The van der Waals surface area contributed by atoms with Gasteiger partial charge in [0.05, 0.1) is 16.3 Å². The number of pyridine rings is 1. The lowest BCUT2D eigenvalue weighted by molar-refractivity contribution is 0.208. The van der Waals surface area contributed by atoms with Crippen molar-refractivity contribution in [2.24, 2.45) is 0 Å². The van der Waals surface area contributed by atoms with Gasteiger partial charge in [-0.05, 0) is 49.6 Å². The number of carbonyl (C=O) groups is 1. The Morgan fingerprint density at radius 3 is 2.71 bits per heavy atom. The molecule has 3 heterocycles.